The van der Waals surface area contributed by atoms with E-state index in [9.17, 15) is 18.7 Å². The minimum atomic E-state index is -0.986. The molecule has 1 saturated carbocycles. The highest BCUT2D eigenvalue weighted by molar-refractivity contribution is 5.73. The highest BCUT2D eigenvalue weighted by Crippen LogP contribution is 2.47. The summed E-state index contributed by atoms with van der Waals surface area (Å²) in [4.78, 5) is 11.7. The molecule has 1 aromatic heterocycles. The van der Waals surface area contributed by atoms with Crippen molar-refractivity contribution in [3.63, 3.8) is 0 Å². The molecular weight excluding hydrogens is 442 g/mol. The zero-order valence-corrected chi connectivity index (χ0v) is 20.4. The summed E-state index contributed by atoms with van der Waals surface area (Å²) < 4.78 is 35.1. The van der Waals surface area contributed by atoms with Gasteiger partial charge < -0.3 is 20.5 Å². The van der Waals surface area contributed by atoms with Crippen molar-refractivity contribution in [3.05, 3.63) is 53.9 Å². The molecule has 1 aromatic carbocycles. The van der Waals surface area contributed by atoms with E-state index >= 15 is 0 Å². The van der Waals surface area contributed by atoms with Gasteiger partial charge in [-0.3, -0.25) is 9.48 Å². The van der Waals surface area contributed by atoms with Crippen molar-refractivity contribution in [1.82, 2.24) is 20.4 Å². The van der Waals surface area contributed by atoms with Crippen LogP contribution in [0.15, 0.2) is 36.7 Å². The molecule has 1 heterocycles. The number of β-amino-alcohol motifs (C(OH)–C–C–N with tert-alkyl or cyclic N) is 1. The van der Waals surface area contributed by atoms with Gasteiger partial charge in [0.15, 0.2) is 0 Å². The molecule has 3 rings (SSSR count). The summed E-state index contributed by atoms with van der Waals surface area (Å²) in [5.41, 5.74) is 0.136. The van der Waals surface area contributed by atoms with Crippen LogP contribution in [-0.4, -0.2) is 58.2 Å². The number of nitrogens with one attached hydrogen (secondary N) is 2. The van der Waals surface area contributed by atoms with Crippen LogP contribution >= 0.6 is 0 Å². The number of aliphatic hydroxyl groups excluding tert-OH is 1. The van der Waals surface area contributed by atoms with Crippen LogP contribution in [0.4, 0.5) is 8.78 Å². The maximum atomic E-state index is 13.6. The van der Waals surface area contributed by atoms with E-state index in [0.717, 1.165) is 18.9 Å². The van der Waals surface area contributed by atoms with Crippen LogP contribution in [0, 0.1) is 17.0 Å². The summed E-state index contributed by atoms with van der Waals surface area (Å²) in [5, 5.41) is 21.4. The minimum absolute atomic E-state index is 0.0841. The summed E-state index contributed by atoms with van der Waals surface area (Å²) in [6, 6.07) is 4.44. The van der Waals surface area contributed by atoms with E-state index in [4.69, 9.17) is 4.74 Å². The summed E-state index contributed by atoms with van der Waals surface area (Å²) in [7, 11) is 0. The van der Waals surface area contributed by atoms with Gasteiger partial charge in [0, 0.05) is 38.5 Å². The Morgan fingerprint density at radius 3 is 2.62 bits per heavy atom. The number of amides is 1. The van der Waals surface area contributed by atoms with E-state index in [1.165, 1.54) is 19.1 Å². The fourth-order valence-electron chi connectivity index (χ4n) is 4.10. The number of nitrogens with zero attached hydrogens (tertiary/aromatic N) is 2. The minimum Gasteiger partial charge on any atom is -0.390 e. The summed E-state index contributed by atoms with van der Waals surface area (Å²) >= 11 is 0. The second kappa shape index (κ2) is 10.9. The monoisotopic (exact) mass is 478 g/mol. The Balaban J connectivity index is 1.65. The van der Waals surface area contributed by atoms with E-state index in [1.54, 1.807) is 6.20 Å². The van der Waals surface area contributed by atoms with Crippen molar-refractivity contribution >= 4 is 5.91 Å². The van der Waals surface area contributed by atoms with Gasteiger partial charge in [0.2, 0.25) is 5.91 Å². The molecule has 0 radical (unpaired) electrons. The fraction of sp³-hybridized carbons (Fsp3) is 0.600. The predicted octanol–water partition coefficient (Wildman–Crippen LogP) is 3.00. The van der Waals surface area contributed by atoms with Gasteiger partial charge in [-0.25, -0.2) is 8.78 Å². The maximum absolute atomic E-state index is 13.6. The first kappa shape index (κ1) is 26.2. The molecule has 1 aliphatic carbocycles. The lowest BCUT2D eigenvalue weighted by Crippen LogP contribution is -2.51. The predicted molar refractivity (Wildman–Crippen MR) is 125 cm³/mol. The lowest BCUT2D eigenvalue weighted by molar-refractivity contribution is -0.120. The first-order valence-corrected chi connectivity index (χ1v) is 11.7. The molecule has 1 fully saturated rings. The van der Waals surface area contributed by atoms with Crippen LogP contribution in [0.2, 0.25) is 0 Å². The summed E-state index contributed by atoms with van der Waals surface area (Å²) in [6.45, 7) is 9.09. The Bertz CT molecular complexity index is 928. The number of ether oxygens (including phenoxy) is 1. The highest BCUT2D eigenvalue weighted by atomic mass is 19.1. The number of aliphatic hydroxyl groups is 1. The SMILES string of the molecule is CC(=O)NC(Cc1cc(F)cc(F)c1)C(O)CNC1(COCCC(C)(C)C)CC1n1cccn1. The summed E-state index contributed by atoms with van der Waals surface area (Å²) in [5.74, 6) is -1.73. The zero-order chi connectivity index (χ0) is 24.9. The standard InChI is InChI=1S/C25H36F2N4O3/c1-17(32)30-21(12-18-10-19(26)13-20(27)11-18)22(33)15-28-25(16-34-9-6-24(2,3)4)14-23(25)31-8-5-7-29-31/h5,7-8,10-11,13,21-23,28,33H,6,9,12,14-16H2,1-4H3,(H,30,32). The Hall–Kier alpha value is -2.36. The molecule has 2 aromatic rings. The third kappa shape index (κ3) is 7.58. The van der Waals surface area contributed by atoms with Gasteiger partial charge in [-0.15, -0.1) is 0 Å². The number of rotatable bonds is 12. The van der Waals surface area contributed by atoms with Crippen molar-refractivity contribution in [2.24, 2.45) is 5.41 Å². The molecule has 0 spiro atoms. The van der Waals surface area contributed by atoms with Gasteiger partial charge in [-0.05, 0) is 48.4 Å². The van der Waals surface area contributed by atoms with Crippen molar-refractivity contribution in [2.75, 3.05) is 19.8 Å². The van der Waals surface area contributed by atoms with Crippen LogP contribution in [0.5, 0.6) is 0 Å². The normalized spacial score (nSPS) is 21.8. The Kier molecular flexibility index (Phi) is 8.43. The molecular formula is C25H36F2N4O3. The molecule has 0 aliphatic heterocycles. The van der Waals surface area contributed by atoms with Crippen molar-refractivity contribution < 1.29 is 23.4 Å². The molecule has 1 aliphatic rings. The summed E-state index contributed by atoms with van der Waals surface area (Å²) in [6.07, 6.45) is 4.45. The van der Waals surface area contributed by atoms with Crippen LogP contribution in [0.3, 0.4) is 0 Å². The molecule has 0 saturated heterocycles. The fourth-order valence-corrected chi connectivity index (χ4v) is 4.10. The topological polar surface area (TPSA) is 88.4 Å². The number of hydrogen-bond acceptors (Lipinski definition) is 5. The van der Waals surface area contributed by atoms with Gasteiger partial charge in [0.1, 0.15) is 11.6 Å². The van der Waals surface area contributed by atoms with Gasteiger partial charge in [0.25, 0.3) is 0 Å². The highest BCUT2D eigenvalue weighted by Gasteiger charge is 2.56. The molecule has 188 valence electrons. The van der Waals surface area contributed by atoms with Crippen LogP contribution in [0.25, 0.3) is 0 Å². The third-order valence-electron chi connectivity index (χ3n) is 6.13. The van der Waals surface area contributed by atoms with Gasteiger partial charge in [-0.1, -0.05) is 20.8 Å². The van der Waals surface area contributed by atoms with Crippen molar-refractivity contribution in [3.8, 4) is 0 Å². The van der Waals surface area contributed by atoms with Crippen LogP contribution < -0.4 is 10.6 Å². The molecule has 7 nitrogen and oxygen atoms in total. The number of carbonyl (C=O) groups is 1. The first-order valence-electron chi connectivity index (χ1n) is 11.7. The quantitative estimate of drug-likeness (QED) is 0.408. The second-order valence-corrected chi connectivity index (χ2v) is 10.5. The number of aromatic nitrogens is 2. The number of halogens is 2. The van der Waals surface area contributed by atoms with Crippen molar-refractivity contribution in [2.45, 2.75) is 70.7 Å². The molecule has 3 N–H and O–H groups in total. The number of hydrogen-bond donors (Lipinski definition) is 3. The lowest BCUT2D eigenvalue weighted by atomic mass is 9.93. The average Bonchev–Trinajstić information content (AvgIpc) is 3.15. The van der Waals surface area contributed by atoms with Gasteiger partial charge in [0.05, 0.1) is 30.3 Å². The van der Waals surface area contributed by atoms with Gasteiger partial charge >= 0.3 is 0 Å². The Labute approximate surface area is 199 Å². The molecule has 9 heteroatoms. The van der Waals surface area contributed by atoms with E-state index in [2.05, 4.69) is 36.5 Å². The lowest BCUT2D eigenvalue weighted by Gasteiger charge is -2.27. The van der Waals surface area contributed by atoms with E-state index in [-0.39, 0.29) is 30.3 Å². The van der Waals surface area contributed by atoms with E-state index < -0.39 is 29.3 Å². The molecule has 0 bridgehead atoms. The van der Waals surface area contributed by atoms with E-state index in [1.807, 2.05) is 16.9 Å². The second-order valence-electron chi connectivity index (χ2n) is 10.5. The molecule has 4 atom stereocenters. The Morgan fingerprint density at radius 2 is 2.03 bits per heavy atom. The molecule has 34 heavy (non-hydrogen) atoms. The molecule has 1 amide bonds. The van der Waals surface area contributed by atoms with Crippen LogP contribution in [0.1, 0.15) is 52.1 Å². The average molecular weight is 479 g/mol. The molecule has 4 unspecified atom stereocenters. The largest absolute Gasteiger partial charge is 0.390 e. The number of carbonyl (C=O) groups excluding carboxylic acids is 1. The zero-order valence-electron chi connectivity index (χ0n) is 20.4. The smallest absolute Gasteiger partial charge is 0.217 e. The third-order valence-corrected chi connectivity index (χ3v) is 6.13. The maximum Gasteiger partial charge on any atom is 0.217 e. The first-order chi connectivity index (χ1) is 16.0. The Morgan fingerprint density at radius 1 is 1.32 bits per heavy atom. The van der Waals surface area contributed by atoms with Gasteiger partial charge in [-0.2, -0.15) is 5.10 Å². The van der Waals surface area contributed by atoms with Crippen LogP contribution in [-0.2, 0) is 16.0 Å². The van der Waals surface area contributed by atoms with E-state index in [0.29, 0.717) is 18.8 Å². The number of benzene rings is 1. The van der Waals surface area contributed by atoms with Crippen molar-refractivity contribution in [1.29, 1.82) is 0 Å².